The summed E-state index contributed by atoms with van der Waals surface area (Å²) in [5.41, 5.74) is -0.424. The Kier molecular flexibility index (Phi) is 4.53. The molecule has 0 saturated heterocycles. The molecule has 110 valence electrons. The Hall–Kier alpha value is -1.60. The van der Waals surface area contributed by atoms with Crippen LogP contribution >= 0.6 is 27.5 Å². The maximum Gasteiger partial charge on any atom is 0.255 e. The molecule has 0 radical (unpaired) electrons. The van der Waals surface area contributed by atoms with Crippen molar-refractivity contribution in [1.29, 1.82) is 0 Å². The predicted octanol–water partition coefficient (Wildman–Crippen LogP) is 4.91. The van der Waals surface area contributed by atoms with Gasteiger partial charge in [-0.3, -0.25) is 4.79 Å². The Morgan fingerprint density at radius 1 is 1.05 bits per heavy atom. The van der Waals surface area contributed by atoms with Crippen LogP contribution in [0.2, 0.25) is 5.02 Å². The number of carbonyl (C=O) groups is 1. The van der Waals surface area contributed by atoms with Gasteiger partial charge in [0.25, 0.3) is 5.91 Å². The van der Waals surface area contributed by atoms with Crippen molar-refractivity contribution in [1.82, 2.24) is 0 Å². The number of nitrogens with one attached hydrogen (secondary N) is 1. The number of anilines is 1. The molecule has 0 aliphatic rings. The minimum atomic E-state index is -1.67. The molecule has 2 nitrogen and oxygen atoms in total. The molecule has 8 heteroatoms. The van der Waals surface area contributed by atoms with E-state index in [0.29, 0.717) is 12.1 Å². The monoisotopic (exact) mass is 381 g/mol. The zero-order chi connectivity index (χ0) is 15.7. The summed E-state index contributed by atoms with van der Waals surface area (Å²) in [7, 11) is 0. The zero-order valence-corrected chi connectivity index (χ0v) is 12.3. The molecule has 0 saturated carbocycles. The van der Waals surface area contributed by atoms with Gasteiger partial charge in [0.2, 0.25) is 0 Å². The Bertz CT molecular complexity index is 692. The highest BCUT2D eigenvalue weighted by Gasteiger charge is 2.17. The molecule has 0 fully saturated rings. The number of carbonyl (C=O) groups excluding carboxylic acids is 1. The van der Waals surface area contributed by atoms with Crippen molar-refractivity contribution in [3.05, 3.63) is 62.6 Å². The van der Waals surface area contributed by atoms with Crippen LogP contribution in [0, 0.1) is 23.3 Å². The smallest absolute Gasteiger partial charge is 0.255 e. The topological polar surface area (TPSA) is 29.1 Å². The van der Waals surface area contributed by atoms with E-state index in [2.05, 4.69) is 21.2 Å². The normalized spacial score (nSPS) is 10.6. The van der Waals surface area contributed by atoms with Gasteiger partial charge in [-0.05, 0) is 40.2 Å². The lowest BCUT2D eigenvalue weighted by molar-refractivity contribution is 0.102. The summed E-state index contributed by atoms with van der Waals surface area (Å²) in [5, 5.41) is 2.14. The molecule has 1 N–H and O–H groups in total. The Balaban J connectivity index is 2.35. The van der Waals surface area contributed by atoms with Crippen molar-refractivity contribution in [3.63, 3.8) is 0 Å². The van der Waals surface area contributed by atoms with E-state index >= 15 is 0 Å². The van der Waals surface area contributed by atoms with E-state index in [0.717, 1.165) is 12.1 Å². The number of amides is 1. The standard InChI is InChI=1S/C13H5BrClF4NO/c14-7-3-6(16)4-8(15)12(7)20-13(21)5-1-9(17)11(19)10(18)2-5/h1-4H,(H,20,21). The summed E-state index contributed by atoms with van der Waals surface area (Å²) in [6, 6.07) is 3.08. The fourth-order valence-electron chi connectivity index (χ4n) is 1.53. The first kappa shape index (κ1) is 15.8. The van der Waals surface area contributed by atoms with Crippen molar-refractivity contribution < 1.29 is 22.4 Å². The van der Waals surface area contributed by atoms with E-state index in [1.54, 1.807) is 0 Å². The number of halogens is 6. The van der Waals surface area contributed by atoms with Gasteiger partial charge in [0.05, 0.1) is 10.7 Å². The lowest BCUT2D eigenvalue weighted by Gasteiger charge is -2.10. The van der Waals surface area contributed by atoms with Crippen LogP contribution in [0.1, 0.15) is 10.4 Å². The van der Waals surface area contributed by atoms with Crippen LogP contribution in [0.15, 0.2) is 28.7 Å². The molecule has 0 bridgehead atoms. The van der Waals surface area contributed by atoms with Crippen LogP contribution in [-0.4, -0.2) is 5.91 Å². The highest BCUT2D eigenvalue weighted by molar-refractivity contribution is 9.10. The third kappa shape index (κ3) is 3.36. The van der Waals surface area contributed by atoms with Gasteiger partial charge in [-0.1, -0.05) is 11.6 Å². The molecular formula is C13H5BrClF4NO. The van der Waals surface area contributed by atoms with Gasteiger partial charge in [-0.2, -0.15) is 0 Å². The van der Waals surface area contributed by atoms with E-state index in [-0.39, 0.29) is 15.2 Å². The number of hydrogen-bond acceptors (Lipinski definition) is 1. The van der Waals surface area contributed by atoms with Crippen LogP contribution in [0.5, 0.6) is 0 Å². The van der Waals surface area contributed by atoms with Gasteiger partial charge in [0, 0.05) is 10.0 Å². The molecule has 2 rings (SSSR count). The average Bonchev–Trinajstić information content (AvgIpc) is 2.39. The van der Waals surface area contributed by atoms with E-state index in [1.165, 1.54) is 0 Å². The summed E-state index contributed by atoms with van der Waals surface area (Å²) in [4.78, 5) is 11.9. The molecule has 2 aromatic carbocycles. The predicted molar refractivity (Wildman–Crippen MR) is 73.4 cm³/mol. The lowest BCUT2D eigenvalue weighted by atomic mass is 10.2. The summed E-state index contributed by atoms with van der Waals surface area (Å²) in [6.45, 7) is 0. The fourth-order valence-corrected chi connectivity index (χ4v) is 2.43. The second-order valence-electron chi connectivity index (χ2n) is 3.95. The van der Waals surface area contributed by atoms with Crippen LogP contribution in [-0.2, 0) is 0 Å². The zero-order valence-electron chi connectivity index (χ0n) is 9.99. The minimum absolute atomic E-state index is 0.0215. The average molecular weight is 383 g/mol. The van der Waals surface area contributed by atoms with Gasteiger partial charge < -0.3 is 5.32 Å². The maximum absolute atomic E-state index is 13.1. The maximum atomic E-state index is 13.1. The Morgan fingerprint density at radius 2 is 1.62 bits per heavy atom. The van der Waals surface area contributed by atoms with Gasteiger partial charge in [0.1, 0.15) is 5.82 Å². The van der Waals surface area contributed by atoms with E-state index in [9.17, 15) is 22.4 Å². The van der Waals surface area contributed by atoms with Gasteiger partial charge in [0.15, 0.2) is 17.5 Å². The Labute approximate surface area is 129 Å². The largest absolute Gasteiger partial charge is 0.320 e. The number of hydrogen-bond donors (Lipinski definition) is 1. The molecule has 0 unspecified atom stereocenters. The molecule has 0 aromatic heterocycles. The van der Waals surface area contributed by atoms with Crippen molar-refractivity contribution in [2.24, 2.45) is 0 Å². The SMILES string of the molecule is O=C(Nc1c(Cl)cc(F)cc1Br)c1cc(F)c(F)c(F)c1. The lowest BCUT2D eigenvalue weighted by Crippen LogP contribution is -2.14. The highest BCUT2D eigenvalue weighted by Crippen LogP contribution is 2.32. The first-order valence-corrected chi connectivity index (χ1v) is 6.57. The second-order valence-corrected chi connectivity index (χ2v) is 5.21. The third-order valence-corrected chi connectivity index (χ3v) is 3.41. The Morgan fingerprint density at radius 3 is 2.14 bits per heavy atom. The van der Waals surface area contributed by atoms with Crippen LogP contribution in [0.3, 0.4) is 0 Å². The molecule has 1 amide bonds. The van der Waals surface area contributed by atoms with Gasteiger partial charge in [-0.25, -0.2) is 17.6 Å². The molecule has 21 heavy (non-hydrogen) atoms. The molecule has 2 aromatic rings. The summed E-state index contributed by atoms with van der Waals surface area (Å²) in [6.07, 6.45) is 0. The van der Waals surface area contributed by atoms with E-state index in [4.69, 9.17) is 11.6 Å². The minimum Gasteiger partial charge on any atom is -0.320 e. The fraction of sp³-hybridized carbons (Fsp3) is 0. The molecule has 0 atom stereocenters. The third-order valence-electron chi connectivity index (χ3n) is 2.49. The second kappa shape index (κ2) is 6.03. The highest BCUT2D eigenvalue weighted by atomic mass is 79.9. The quantitative estimate of drug-likeness (QED) is 0.580. The first-order chi connectivity index (χ1) is 9.79. The molecule has 0 heterocycles. The molecule has 0 spiro atoms. The van der Waals surface area contributed by atoms with Crippen molar-refractivity contribution >= 4 is 39.1 Å². The van der Waals surface area contributed by atoms with E-state index in [1.807, 2.05) is 0 Å². The number of rotatable bonds is 2. The van der Waals surface area contributed by atoms with Crippen LogP contribution < -0.4 is 5.32 Å². The van der Waals surface area contributed by atoms with Crippen LogP contribution in [0.4, 0.5) is 23.2 Å². The van der Waals surface area contributed by atoms with Gasteiger partial charge in [-0.15, -0.1) is 0 Å². The van der Waals surface area contributed by atoms with Crippen molar-refractivity contribution in [3.8, 4) is 0 Å². The summed E-state index contributed by atoms with van der Waals surface area (Å²) >= 11 is 8.75. The molecule has 0 aliphatic carbocycles. The molecular weight excluding hydrogens is 377 g/mol. The van der Waals surface area contributed by atoms with Gasteiger partial charge >= 0.3 is 0 Å². The summed E-state index contributed by atoms with van der Waals surface area (Å²) in [5.74, 6) is -6.23. The molecule has 0 aliphatic heterocycles. The first-order valence-electron chi connectivity index (χ1n) is 5.40. The van der Waals surface area contributed by atoms with Crippen molar-refractivity contribution in [2.75, 3.05) is 5.32 Å². The summed E-state index contributed by atoms with van der Waals surface area (Å²) < 4.78 is 52.2. The van der Waals surface area contributed by atoms with Crippen molar-refractivity contribution in [2.45, 2.75) is 0 Å². The number of benzene rings is 2. The van der Waals surface area contributed by atoms with E-state index < -0.39 is 34.7 Å². The van der Waals surface area contributed by atoms with Crippen LogP contribution in [0.25, 0.3) is 0 Å².